The molecule has 1 amide bonds. The van der Waals surface area contributed by atoms with Gasteiger partial charge in [-0.3, -0.25) is 9.78 Å². The maximum Gasteiger partial charge on any atom is 0.274 e. The Morgan fingerprint density at radius 1 is 1.50 bits per heavy atom. The number of rotatable bonds is 3. The summed E-state index contributed by atoms with van der Waals surface area (Å²) < 4.78 is 0. The number of hydrogen-bond donors (Lipinski definition) is 1. The van der Waals surface area contributed by atoms with Crippen LogP contribution in [0.4, 0.5) is 5.82 Å². The van der Waals surface area contributed by atoms with Crippen molar-refractivity contribution in [3.63, 3.8) is 0 Å². The fourth-order valence-corrected chi connectivity index (χ4v) is 2.10. The van der Waals surface area contributed by atoms with E-state index in [4.69, 9.17) is 0 Å². The molecule has 1 unspecified atom stereocenters. The summed E-state index contributed by atoms with van der Waals surface area (Å²) in [5, 5.41) is 2.89. The number of aromatic nitrogens is 2. The second kappa shape index (κ2) is 5.30. The number of anilines is 1. The lowest BCUT2D eigenvalue weighted by atomic mass is 10.2. The van der Waals surface area contributed by atoms with Gasteiger partial charge in [0.1, 0.15) is 11.5 Å². The summed E-state index contributed by atoms with van der Waals surface area (Å²) in [6, 6.07) is 0.439. The van der Waals surface area contributed by atoms with Crippen LogP contribution in [-0.4, -0.2) is 65.9 Å². The molecule has 0 saturated carbocycles. The van der Waals surface area contributed by atoms with Crippen molar-refractivity contribution in [3.8, 4) is 0 Å². The third kappa shape index (κ3) is 2.59. The van der Waals surface area contributed by atoms with Crippen LogP contribution in [-0.2, 0) is 0 Å². The van der Waals surface area contributed by atoms with Gasteiger partial charge >= 0.3 is 0 Å². The number of amides is 1. The molecule has 1 N–H and O–H groups in total. The smallest absolute Gasteiger partial charge is 0.274 e. The van der Waals surface area contributed by atoms with E-state index in [-0.39, 0.29) is 5.91 Å². The highest BCUT2D eigenvalue weighted by Gasteiger charge is 2.28. The molecule has 1 aliphatic heterocycles. The SMILES string of the molecule is CNc1cncc(C(=O)N2CCC(N(C)C)C2)n1. The third-order valence-electron chi connectivity index (χ3n) is 3.29. The topological polar surface area (TPSA) is 61.4 Å². The molecule has 6 heteroatoms. The highest BCUT2D eigenvalue weighted by Crippen LogP contribution is 2.15. The highest BCUT2D eigenvalue weighted by atomic mass is 16.2. The molecule has 1 saturated heterocycles. The standard InChI is InChI=1S/C12H19N5O/c1-13-11-7-14-6-10(15-11)12(18)17-5-4-9(8-17)16(2)3/h6-7,9H,4-5,8H2,1-3H3,(H,13,15). The largest absolute Gasteiger partial charge is 0.372 e. The average Bonchev–Trinajstić information content (AvgIpc) is 2.87. The van der Waals surface area contributed by atoms with Crippen molar-refractivity contribution in [2.45, 2.75) is 12.5 Å². The fourth-order valence-electron chi connectivity index (χ4n) is 2.10. The van der Waals surface area contributed by atoms with Crippen molar-refractivity contribution < 1.29 is 4.79 Å². The minimum Gasteiger partial charge on any atom is -0.372 e. The van der Waals surface area contributed by atoms with Crippen molar-refractivity contribution in [2.75, 3.05) is 39.5 Å². The lowest BCUT2D eigenvalue weighted by Crippen LogP contribution is -2.34. The Kier molecular flexibility index (Phi) is 3.76. The first-order chi connectivity index (χ1) is 8.61. The first-order valence-electron chi connectivity index (χ1n) is 6.07. The van der Waals surface area contributed by atoms with E-state index in [9.17, 15) is 4.79 Å². The Bertz CT molecular complexity index is 434. The predicted molar refractivity (Wildman–Crippen MR) is 69.6 cm³/mol. The zero-order valence-electron chi connectivity index (χ0n) is 11.1. The van der Waals surface area contributed by atoms with Crippen molar-refractivity contribution in [2.24, 2.45) is 0 Å². The Morgan fingerprint density at radius 2 is 2.28 bits per heavy atom. The second-order valence-electron chi connectivity index (χ2n) is 4.70. The first kappa shape index (κ1) is 12.8. The fraction of sp³-hybridized carbons (Fsp3) is 0.583. The Balaban J connectivity index is 2.08. The molecule has 0 bridgehead atoms. The van der Waals surface area contributed by atoms with E-state index >= 15 is 0 Å². The third-order valence-corrected chi connectivity index (χ3v) is 3.29. The van der Waals surface area contributed by atoms with E-state index in [0.29, 0.717) is 17.6 Å². The Labute approximate surface area is 107 Å². The number of carbonyl (C=O) groups excluding carboxylic acids is 1. The summed E-state index contributed by atoms with van der Waals surface area (Å²) in [6.07, 6.45) is 4.13. The Morgan fingerprint density at radius 3 is 2.89 bits per heavy atom. The molecule has 0 aliphatic carbocycles. The second-order valence-corrected chi connectivity index (χ2v) is 4.70. The van der Waals surface area contributed by atoms with Gasteiger partial charge in [0, 0.05) is 26.2 Å². The van der Waals surface area contributed by atoms with Gasteiger partial charge in [0.25, 0.3) is 5.91 Å². The average molecular weight is 249 g/mol. The quantitative estimate of drug-likeness (QED) is 0.834. The minimum atomic E-state index is -0.0380. The van der Waals surface area contributed by atoms with Gasteiger partial charge in [0.15, 0.2) is 0 Å². The van der Waals surface area contributed by atoms with E-state index in [1.165, 1.54) is 6.20 Å². The number of likely N-dealkylation sites (N-methyl/N-ethyl adjacent to an activating group) is 1. The maximum absolute atomic E-state index is 12.3. The summed E-state index contributed by atoms with van der Waals surface area (Å²) in [7, 11) is 5.84. The number of nitrogens with zero attached hydrogens (tertiary/aromatic N) is 4. The Hall–Kier alpha value is -1.69. The molecule has 1 aliphatic rings. The number of carbonyl (C=O) groups is 1. The highest BCUT2D eigenvalue weighted by molar-refractivity contribution is 5.92. The van der Waals surface area contributed by atoms with Gasteiger partial charge in [-0.15, -0.1) is 0 Å². The van der Waals surface area contributed by atoms with E-state index < -0.39 is 0 Å². The summed E-state index contributed by atoms with van der Waals surface area (Å²) >= 11 is 0. The molecule has 2 rings (SSSR count). The van der Waals surface area contributed by atoms with Crippen LogP contribution in [0.5, 0.6) is 0 Å². The lowest BCUT2D eigenvalue weighted by Gasteiger charge is -2.20. The van der Waals surface area contributed by atoms with Gasteiger partial charge in [0.2, 0.25) is 0 Å². The summed E-state index contributed by atoms with van der Waals surface area (Å²) in [6.45, 7) is 1.55. The monoisotopic (exact) mass is 249 g/mol. The molecular formula is C12H19N5O. The molecule has 1 fully saturated rings. The van der Waals surface area contributed by atoms with Crippen LogP contribution in [0.25, 0.3) is 0 Å². The van der Waals surface area contributed by atoms with E-state index in [1.54, 1.807) is 13.2 Å². The number of nitrogens with one attached hydrogen (secondary N) is 1. The molecule has 6 nitrogen and oxygen atoms in total. The molecule has 0 aromatic carbocycles. The molecule has 1 atom stereocenters. The predicted octanol–water partition coefficient (Wildman–Crippen LogP) is 0.294. The molecule has 0 spiro atoms. The van der Waals surface area contributed by atoms with E-state index in [0.717, 1.165) is 19.5 Å². The van der Waals surface area contributed by atoms with E-state index in [1.807, 2.05) is 19.0 Å². The summed E-state index contributed by atoms with van der Waals surface area (Å²) in [5.41, 5.74) is 0.404. The lowest BCUT2D eigenvalue weighted by molar-refractivity contribution is 0.0777. The van der Waals surface area contributed by atoms with Gasteiger partial charge in [0.05, 0.1) is 12.4 Å². The van der Waals surface area contributed by atoms with Crippen LogP contribution >= 0.6 is 0 Å². The maximum atomic E-state index is 12.3. The van der Waals surface area contributed by atoms with Gasteiger partial charge < -0.3 is 15.1 Å². The zero-order valence-corrected chi connectivity index (χ0v) is 11.1. The van der Waals surface area contributed by atoms with Crippen LogP contribution < -0.4 is 5.32 Å². The van der Waals surface area contributed by atoms with Crippen LogP contribution in [0, 0.1) is 0 Å². The molecule has 18 heavy (non-hydrogen) atoms. The van der Waals surface area contributed by atoms with Gasteiger partial charge in [-0.05, 0) is 20.5 Å². The van der Waals surface area contributed by atoms with Gasteiger partial charge in [-0.2, -0.15) is 0 Å². The number of likely N-dealkylation sites (tertiary alicyclic amines) is 1. The number of hydrogen-bond acceptors (Lipinski definition) is 5. The van der Waals surface area contributed by atoms with Crippen molar-refractivity contribution in [1.82, 2.24) is 19.8 Å². The molecule has 98 valence electrons. The van der Waals surface area contributed by atoms with Gasteiger partial charge in [-0.25, -0.2) is 4.98 Å². The molecular weight excluding hydrogens is 230 g/mol. The summed E-state index contributed by atoms with van der Waals surface area (Å²) in [5.74, 6) is 0.577. The molecule has 0 radical (unpaired) electrons. The molecule has 1 aromatic heterocycles. The normalized spacial score (nSPS) is 19.3. The van der Waals surface area contributed by atoms with Gasteiger partial charge in [-0.1, -0.05) is 0 Å². The van der Waals surface area contributed by atoms with Crippen LogP contribution in [0.3, 0.4) is 0 Å². The van der Waals surface area contributed by atoms with Crippen molar-refractivity contribution >= 4 is 11.7 Å². The minimum absolute atomic E-state index is 0.0380. The summed E-state index contributed by atoms with van der Waals surface area (Å²) in [4.78, 5) is 24.5. The van der Waals surface area contributed by atoms with Crippen molar-refractivity contribution in [1.29, 1.82) is 0 Å². The van der Waals surface area contributed by atoms with Crippen LogP contribution in [0.1, 0.15) is 16.9 Å². The van der Waals surface area contributed by atoms with Crippen molar-refractivity contribution in [3.05, 3.63) is 18.1 Å². The van der Waals surface area contributed by atoms with Crippen LogP contribution in [0.15, 0.2) is 12.4 Å². The zero-order chi connectivity index (χ0) is 13.1. The van der Waals surface area contributed by atoms with Crippen LogP contribution in [0.2, 0.25) is 0 Å². The first-order valence-corrected chi connectivity index (χ1v) is 6.07. The van der Waals surface area contributed by atoms with E-state index in [2.05, 4.69) is 20.2 Å². The molecule has 2 heterocycles. The molecule has 1 aromatic rings.